The van der Waals surface area contributed by atoms with Gasteiger partial charge in [-0.25, -0.2) is 0 Å². The van der Waals surface area contributed by atoms with Crippen LogP contribution in [0.3, 0.4) is 0 Å². The molecule has 0 amide bonds. The highest BCUT2D eigenvalue weighted by atomic mass is 127. The first-order valence-corrected chi connectivity index (χ1v) is 6.99. The second-order valence-corrected chi connectivity index (χ2v) is 6.06. The molecule has 2 atom stereocenters. The summed E-state index contributed by atoms with van der Waals surface area (Å²) < 4.78 is 0.668. The topological polar surface area (TPSA) is 72.4 Å². The number of nitrogens with zero attached hydrogens (tertiary/aromatic N) is 2. The molecule has 0 aliphatic carbocycles. The van der Waals surface area contributed by atoms with E-state index in [0.29, 0.717) is 9.49 Å². The highest BCUT2D eigenvalue weighted by Gasteiger charge is 2.23. The molecule has 1 fully saturated rings. The van der Waals surface area contributed by atoms with Gasteiger partial charge in [-0.05, 0) is 47.1 Å². The lowest BCUT2D eigenvalue weighted by molar-refractivity contribution is -0.385. The van der Waals surface area contributed by atoms with E-state index in [1.165, 1.54) is 0 Å². The number of anilines is 1. The highest BCUT2D eigenvalue weighted by Crippen LogP contribution is 2.28. The standard InChI is InChI=1S/C12H16IN3O2/c1-8-4-9(14)7-15(6-8)10-2-3-12(16(17)18)11(13)5-10/h2-3,5,8-9H,4,6-7,14H2,1H3. The Morgan fingerprint density at radius 2 is 2.22 bits per heavy atom. The van der Waals surface area contributed by atoms with Crippen LogP contribution in [0.25, 0.3) is 0 Å². The summed E-state index contributed by atoms with van der Waals surface area (Å²) in [5, 5.41) is 10.8. The number of nitro groups is 1. The molecule has 0 spiro atoms. The Labute approximate surface area is 120 Å². The van der Waals surface area contributed by atoms with Crippen molar-refractivity contribution in [1.82, 2.24) is 0 Å². The molecule has 2 rings (SSSR count). The maximum absolute atomic E-state index is 10.8. The van der Waals surface area contributed by atoms with Crippen LogP contribution in [-0.2, 0) is 0 Å². The van der Waals surface area contributed by atoms with Crippen molar-refractivity contribution in [2.24, 2.45) is 11.7 Å². The second kappa shape index (κ2) is 5.40. The molecule has 1 aromatic rings. The lowest BCUT2D eigenvalue weighted by Gasteiger charge is -2.36. The fraction of sp³-hybridized carbons (Fsp3) is 0.500. The van der Waals surface area contributed by atoms with E-state index in [9.17, 15) is 10.1 Å². The Hall–Kier alpha value is -0.890. The Morgan fingerprint density at radius 1 is 1.50 bits per heavy atom. The van der Waals surface area contributed by atoms with Crippen LogP contribution < -0.4 is 10.6 Å². The Morgan fingerprint density at radius 3 is 2.78 bits per heavy atom. The molecule has 0 bridgehead atoms. The van der Waals surface area contributed by atoms with Crippen LogP contribution >= 0.6 is 22.6 Å². The van der Waals surface area contributed by atoms with Crippen molar-refractivity contribution >= 4 is 34.0 Å². The van der Waals surface area contributed by atoms with E-state index in [4.69, 9.17) is 5.73 Å². The number of nitro benzene ring substituents is 1. The second-order valence-electron chi connectivity index (χ2n) is 4.90. The van der Waals surface area contributed by atoms with E-state index in [2.05, 4.69) is 11.8 Å². The van der Waals surface area contributed by atoms with Crippen molar-refractivity contribution in [3.63, 3.8) is 0 Å². The van der Waals surface area contributed by atoms with Gasteiger partial charge in [-0.15, -0.1) is 0 Å². The monoisotopic (exact) mass is 361 g/mol. The van der Waals surface area contributed by atoms with Gasteiger partial charge in [-0.1, -0.05) is 6.92 Å². The molecule has 0 saturated carbocycles. The van der Waals surface area contributed by atoms with Crippen LogP contribution in [0.4, 0.5) is 11.4 Å². The molecule has 2 N–H and O–H groups in total. The Balaban J connectivity index is 2.23. The molecular weight excluding hydrogens is 345 g/mol. The van der Waals surface area contributed by atoms with Crippen LogP contribution in [0.2, 0.25) is 0 Å². The molecular formula is C12H16IN3O2. The van der Waals surface area contributed by atoms with Crippen LogP contribution in [-0.4, -0.2) is 24.1 Å². The van der Waals surface area contributed by atoms with E-state index < -0.39 is 0 Å². The van der Waals surface area contributed by atoms with Crippen LogP contribution in [0, 0.1) is 19.6 Å². The van der Waals surface area contributed by atoms with E-state index >= 15 is 0 Å². The predicted molar refractivity (Wildman–Crippen MR) is 79.8 cm³/mol. The number of nitrogens with two attached hydrogens (primary N) is 1. The molecule has 0 aromatic heterocycles. The van der Waals surface area contributed by atoms with Gasteiger partial charge in [0.15, 0.2) is 0 Å². The summed E-state index contributed by atoms with van der Waals surface area (Å²) >= 11 is 2.01. The fourth-order valence-corrected chi connectivity index (χ4v) is 3.15. The molecule has 18 heavy (non-hydrogen) atoms. The number of rotatable bonds is 2. The molecule has 1 aromatic carbocycles. The normalized spacial score (nSPS) is 24.1. The molecule has 2 unspecified atom stereocenters. The SMILES string of the molecule is CC1CC(N)CN(c2ccc([N+](=O)[O-])c(I)c2)C1. The van der Waals surface area contributed by atoms with Crippen molar-refractivity contribution in [2.45, 2.75) is 19.4 Å². The summed E-state index contributed by atoms with van der Waals surface area (Å²) in [7, 11) is 0. The molecule has 1 saturated heterocycles. The van der Waals surface area contributed by atoms with Gasteiger partial charge in [0.2, 0.25) is 0 Å². The van der Waals surface area contributed by atoms with Gasteiger partial charge >= 0.3 is 0 Å². The van der Waals surface area contributed by atoms with Gasteiger partial charge in [0, 0.05) is 30.9 Å². The van der Waals surface area contributed by atoms with Gasteiger partial charge in [-0.3, -0.25) is 10.1 Å². The maximum atomic E-state index is 10.8. The van der Waals surface area contributed by atoms with Crippen molar-refractivity contribution in [3.8, 4) is 0 Å². The van der Waals surface area contributed by atoms with Gasteiger partial charge in [-0.2, -0.15) is 0 Å². The number of piperidine rings is 1. The largest absolute Gasteiger partial charge is 0.370 e. The molecule has 1 aliphatic heterocycles. The van der Waals surface area contributed by atoms with Crippen molar-refractivity contribution < 1.29 is 4.92 Å². The zero-order valence-corrected chi connectivity index (χ0v) is 12.3. The van der Waals surface area contributed by atoms with Crippen LogP contribution in [0.5, 0.6) is 0 Å². The fourth-order valence-electron chi connectivity index (χ4n) is 2.45. The summed E-state index contributed by atoms with van der Waals surface area (Å²) in [5.41, 5.74) is 7.20. The lowest BCUT2D eigenvalue weighted by atomic mass is 9.96. The average Bonchev–Trinajstić information content (AvgIpc) is 2.26. The minimum atomic E-state index is -0.351. The van der Waals surface area contributed by atoms with E-state index in [-0.39, 0.29) is 16.7 Å². The van der Waals surface area contributed by atoms with Crippen molar-refractivity contribution in [1.29, 1.82) is 0 Å². The summed E-state index contributed by atoms with van der Waals surface area (Å²) in [6.45, 7) is 3.96. The number of hydrogen-bond donors (Lipinski definition) is 1. The molecule has 1 aliphatic rings. The summed E-state index contributed by atoms with van der Waals surface area (Å²) in [4.78, 5) is 12.6. The van der Waals surface area contributed by atoms with E-state index in [1.54, 1.807) is 6.07 Å². The minimum Gasteiger partial charge on any atom is -0.370 e. The first kappa shape index (κ1) is 13.5. The van der Waals surface area contributed by atoms with Gasteiger partial charge in [0.25, 0.3) is 5.69 Å². The Kier molecular flexibility index (Phi) is 4.06. The minimum absolute atomic E-state index is 0.161. The summed E-state index contributed by atoms with van der Waals surface area (Å²) in [6.07, 6.45) is 1.04. The summed E-state index contributed by atoms with van der Waals surface area (Å²) in [5.74, 6) is 0.557. The first-order valence-electron chi connectivity index (χ1n) is 5.92. The molecule has 6 heteroatoms. The number of hydrogen-bond acceptors (Lipinski definition) is 4. The zero-order valence-electron chi connectivity index (χ0n) is 10.2. The van der Waals surface area contributed by atoms with Gasteiger partial charge in [0.1, 0.15) is 0 Å². The highest BCUT2D eigenvalue weighted by molar-refractivity contribution is 14.1. The maximum Gasteiger partial charge on any atom is 0.282 e. The van der Waals surface area contributed by atoms with Gasteiger partial charge < -0.3 is 10.6 Å². The first-order chi connectivity index (χ1) is 8.47. The quantitative estimate of drug-likeness (QED) is 0.499. The van der Waals surface area contributed by atoms with Crippen LogP contribution in [0.1, 0.15) is 13.3 Å². The predicted octanol–water partition coefficient (Wildman–Crippen LogP) is 2.37. The van der Waals surface area contributed by atoms with Gasteiger partial charge in [0.05, 0.1) is 8.49 Å². The summed E-state index contributed by atoms with van der Waals surface area (Å²) in [6, 6.07) is 5.43. The lowest BCUT2D eigenvalue weighted by Crippen LogP contribution is -2.46. The number of benzene rings is 1. The number of halogens is 1. The van der Waals surface area contributed by atoms with Crippen molar-refractivity contribution in [2.75, 3.05) is 18.0 Å². The molecule has 0 radical (unpaired) electrons. The van der Waals surface area contributed by atoms with Crippen molar-refractivity contribution in [3.05, 3.63) is 31.9 Å². The average molecular weight is 361 g/mol. The van der Waals surface area contributed by atoms with Crippen LogP contribution in [0.15, 0.2) is 18.2 Å². The third kappa shape index (κ3) is 2.92. The molecule has 98 valence electrons. The third-order valence-corrected chi connectivity index (χ3v) is 4.05. The Bertz CT molecular complexity index is 457. The smallest absolute Gasteiger partial charge is 0.282 e. The zero-order chi connectivity index (χ0) is 13.3. The van der Waals surface area contributed by atoms with E-state index in [1.807, 2.05) is 34.7 Å². The molecule has 5 nitrogen and oxygen atoms in total. The third-order valence-electron chi connectivity index (χ3n) is 3.19. The van der Waals surface area contributed by atoms with E-state index in [0.717, 1.165) is 25.2 Å². The molecule has 1 heterocycles.